The van der Waals surface area contributed by atoms with Crippen LogP contribution in [0.15, 0.2) is 28.3 Å². The Morgan fingerprint density at radius 3 is 3.14 bits per heavy atom. The van der Waals surface area contributed by atoms with E-state index in [1.807, 2.05) is 5.38 Å². The van der Waals surface area contributed by atoms with E-state index in [4.69, 9.17) is 5.11 Å². The molecule has 0 aromatic carbocycles. The lowest BCUT2D eigenvalue weighted by molar-refractivity contribution is -0.132. The van der Waals surface area contributed by atoms with Crippen molar-refractivity contribution in [3.8, 4) is 0 Å². The normalized spacial score (nSPS) is 15.4. The van der Waals surface area contributed by atoms with Crippen molar-refractivity contribution in [2.75, 3.05) is 11.4 Å². The molecule has 0 spiro atoms. The van der Waals surface area contributed by atoms with E-state index in [2.05, 4.69) is 9.98 Å². The first-order chi connectivity index (χ1) is 6.77. The molecule has 0 unspecified atom stereocenters. The van der Waals surface area contributed by atoms with Gasteiger partial charge in [-0.2, -0.15) is 0 Å². The SMILES string of the molecule is O=C(O)C1=CN(c2nccs2)C=NC1. The number of hydrogen-bond acceptors (Lipinski definition) is 5. The van der Waals surface area contributed by atoms with Crippen molar-refractivity contribution in [2.45, 2.75) is 0 Å². The summed E-state index contributed by atoms with van der Waals surface area (Å²) < 4.78 is 0. The molecule has 0 saturated carbocycles. The molecule has 5 nitrogen and oxygen atoms in total. The van der Waals surface area contributed by atoms with Crippen molar-refractivity contribution < 1.29 is 9.90 Å². The van der Waals surface area contributed by atoms with Crippen LogP contribution < -0.4 is 4.90 Å². The number of thiazole rings is 1. The van der Waals surface area contributed by atoms with Crippen molar-refractivity contribution in [2.24, 2.45) is 4.99 Å². The van der Waals surface area contributed by atoms with Crippen molar-refractivity contribution in [1.82, 2.24) is 4.98 Å². The highest BCUT2D eigenvalue weighted by molar-refractivity contribution is 7.13. The highest BCUT2D eigenvalue weighted by Crippen LogP contribution is 2.18. The quantitative estimate of drug-likeness (QED) is 0.787. The van der Waals surface area contributed by atoms with Crippen molar-refractivity contribution in [1.29, 1.82) is 0 Å². The molecule has 0 saturated heterocycles. The molecule has 1 aliphatic heterocycles. The highest BCUT2D eigenvalue weighted by Gasteiger charge is 2.14. The Morgan fingerprint density at radius 2 is 2.50 bits per heavy atom. The minimum atomic E-state index is -0.941. The first kappa shape index (κ1) is 8.89. The smallest absolute Gasteiger partial charge is 0.334 e. The first-order valence-corrected chi connectivity index (χ1v) is 4.77. The molecule has 1 aromatic heterocycles. The summed E-state index contributed by atoms with van der Waals surface area (Å²) in [6, 6.07) is 0. The summed E-state index contributed by atoms with van der Waals surface area (Å²) in [7, 11) is 0. The van der Waals surface area contributed by atoms with Crippen LogP contribution in [0.3, 0.4) is 0 Å². The van der Waals surface area contributed by atoms with Gasteiger partial charge in [0.05, 0.1) is 18.5 Å². The van der Waals surface area contributed by atoms with Gasteiger partial charge in [-0.15, -0.1) is 11.3 Å². The predicted molar refractivity (Wildman–Crippen MR) is 53.7 cm³/mol. The molecule has 2 rings (SSSR count). The number of aliphatic imine (C=N–C) groups is 1. The fourth-order valence-corrected chi connectivity index (χ4v) is 1.63. The van der Waals surface area contributed by atoms with E-state index >= 15 is 0 Å². The number of carbonyl (C=O) groups is 1. The molecular formula is C8H7N3O2S. The van der Waals surface area contributed by atoms with E-state index in [0.29, 0.717) is 5.13 Å². The second-order valence-corrected chi connectivity index (χ2v) is 3.51. The van der Waals surface area contributed by atoms with Gasteiger partial charge in [-0.25, -0.2) is 9.78 Å². The highest BCUT2D eigenvalue weighted by atomic mass is 32.1. The molecule has 0 bridgehead atoms. The number of hydrogen-bond donors (Lipinski definition) is 1. The maximum atomic E-state index is 10.7. The Labute approximate surface area is 84.0 Å². The van der Waals surface area contributed by atoms with Crippen LogP contribution in [0, 0.1) is 0 Å². The minimum absolute atomic E-state index is 0.219. The summed E-state index contributed by atoms with van der Waals surface area (Å²) in [5.74, 6) is -0.941. The third kappa shape index (κ3) is 1.64. The van der Waals surface area contributed by atoms with Gasteiger partial charge in [-0.3, -0.25) is 9.89 Å². The Bertz CT molecular complexity index is 397. The molecule has 2 heterocycles. The van der Waals surface area contributed by atoms with Crippen LogP contribution in [0.1, 0.15) is 0 Å². The summed E-state index contributed by atoms with van der Waals surface area (Å²) in [6.07, 6.45) is 4.77. The summed E-state index contributed by atoms with van der Waals surface area (Å²) in [4.78, 5) is 20.3. The monoisotopic (exact) mass is 209 g/mol. The number of rotatable bonds is 2. The van der Waals surface area contributed by atoms with E-state index in [1.54, 1.807) is 17.4 Å². The predicted octanol–water partition coefficient (Wildman–Crippen LogP) is 0.960. The molecule has 0 atom stereocenters. The average Bonchev–Trinajstić information content (AvgIpc) is 2.71. The zero-order valence-electron chi connectivity index (χ0n) is 7.12. The van der Waals surface area contributed by atoms with E-state index in [1.165, 1.54) is 17.5 Å². The van der Waals surface area contributed by atoms with Gasteiger partial charge in [-0.1, -0.05) is 0 Å². The van der Waals surface area contributed by atoms with E-state index in [-0.39, 0.29) is 12.1 Å². The number of anilines is 1. The van der Waals surface area contributed by atoms with Gasteiger partial charge < -0.3 is 5.11 Å². The fourth-order valence-electron chi connectivity index (χ4n) is 1.04. The van der Waals surface area contributed by atoms with Gasteiger partial charge >= 0.3 is 5.97 Å². The maximum absolute atomic E-state index is 10.7. The van der Waals surface area contributed by atoms with Crippen LogP contribution in [0.2, 0.25) is 0 Å². The Hall–Kier alpha value is -1.69. The second-order valence-electron chi connectivity index (χ2n) is 2.64. The number of aliphatic carboxylic acids is 1. The molecule has 0 amide bonds. The fraction of sp³-hybridized carbons (Fsp3) is 0.125. The average molecular weight is 209 g/mol. The van der Waals surface area contributed by atoms with Gasteiger partial charge in [0.1, 0.15) is 0 Å². The molecule has 1 N–H and O–H groups in total. The standard InChI is InChI=1S/C8H7N3O2S/c12-7(13)6-3-9-5-11(4-6)8-10-1-2-14-8/h1-2,4-5H,3H2,(H,12,13). The molecular weight excluding hydrogens is 202 g/mol. The second kappa shape index (κ2) is 3.59. The molecule has 1 aliphatic rings. The van der Waals surface area contributed by atoms with Crippen molar-refractivity contribution in [3.05, 3.63) is 23.3 Å². The topological polar surface area (TPSA) is 65.8 Å². The third-order valence-corrected chi connectivity index (χ3v) is 2.46. The number of nitrogens with zero attached hydrogens (tertiary/aromatic N) is 3. The van der Waals surface area contributed by atoms with Crippen LogP contribution in [-0.2, 0) is 4.79 Å². The summed E-state index contributed by atoms with van der Waals surface area (Å²) in [5.41, 5.74) is 0.266. The zero-order chi connectivity index (χ0) is 9.97. The lowest BCUT2D eigenvalue weighted by Crippen LogP contribution is -2.21. The lowest BCUT2D eigenvalue weighted by atomic mass is 10.3. The van der Waals surface area contributed by atoms with Gasteiger partial charge in [-0.05, 0) is 0 Å². The lowest BCUT2D eigenvalue weighted by Gasteiger charge is -2.15. The van der Waals surface area contributed by atoms with Crippen LogP contribution in [0.5, 0.6) is 0 Å². The number of carboxylic acids is 1. The van der Waals surface area contributed by atoms with Gasteiger partial charge in [0.25, 0.3) is 0 Å². The Balaban J connectivity index is 2.25. The molecule has 0 fully saturated rings. The van der Waals surface area contributed by atoms with E-state index in [9.17, 15) is 4.79 Å². The molecule has 0 radical (unpaired) electrons. The Kier molecular flexibility index (Phi) is 2.28. The molecule has 1 aromatic rings. The van der Waals surface area contributed by atoms with Gasteiger partial charge in [0.2, 0.25) is 0 Å². The van der Waals surface area contributed by atoms with Gasteiger partial charge in [0.15, 0.2) is 5.13 Å². The largest absolute Gasteiger partial charge is 0.478 e. The zero-order valence-corrected chi connectivity index (χ0v) is 7.94. The molecule has 0 aliphatic carbocycles. The summed E-state index contributed by atoms with van der Waals surface area (Å²) >= 11 is 1.43. The first-order valence-electron chi connectivity index (χ1n) is 3.89. The van der Waals surface area contributed by atoms with Crippen LogP contribution >= 0.6 is 11.3 Å². The summed E-state index contributed by atoms with van der Waals surface area (Å²) in [5, 5.41) is 11.3. The van der Waals surface area contributed by atoms with Crippen LogP contribution in [0.25, 0.3) is 0 Å². The number of carboxylic acid groups (broad SMARTS) is 1. The van der Waals surface area contributed by atoms with Crippen molar-refractivity contribution in [3.63, 3.8) is 0 Å². The van der Waals surface area contributed by atoms with E-state index < -0.39 is 5.97 Å². The molecule has 14 heavy (non-hydrogen) atoms. The number of aromatic nitrogens is 1. The van der Waals surface area contributed by atoms with Crippen LogP contribution in [-0.4, -0.2) is 28.9 Å². The van der Waals surface area contributed by atoms with Gasteiger partial charge in [0, 0.05) is 17.8 Å². The third-order valence-electron chi connectivity index (χ3n) is 1.68. The Morgan fingerprint density at radius 1 is 1.64 bits per heavy atom. The summed E-state index contributed by atoms with van der Waals surface area (Å²) in [6.45, 7) is 0.219. The van der Waals surface area contributed by atoms with E-state index in [0.717, 1.165) is 0 Å². The maximum Gasteiger partial charge on any atom is 0.334 e. The molecule has 6 heteroatoms. The van der Waals surface area contributed by atoms with Crippen LogP contribution in [0.4, 0.5) is 5.13 Å². The minimum Gasteiger partial charge on any atom is -0.478 e. The molecule has 72 valence electrons. The van der Waals surface area contributed by atoms with Crippen molar-refractivity contribution >= 4 is 28.8 Å².